The number of carbonyl (C=O) groups excluding carboxylic acids is 1. The molecule has 0 saturated carbocycles. The van der Waals surface area contributed by atoms with Gasteiger partial charge in [-0.1, -0.05) is 32.0 Å². The zero-order valence-electron chi connectivity index (χ0n) is 11.3. The highest BCUT2D eigenvalue weighted by Gasteiger charge is 2.15. The highest BCUT2D eigenvalue weighted by molar-refractivity contribution is 6.04. The maximum absolute atomic E-state index is 13.5. The van der Waals surface area contributed by atoms with E-state index in [1.807, 2.05) is 32.0 Å². The van der Waals surface area contributed by atoms with Crippen LogP contribution in [0.2, 0.25) is 0 Å². The molecule has 0 bridgehead atoms. The maximum atomic E-state index is 13.5. The lowest BCUT2D eigenvalue weighted by molar-refractivity contribution is 0.102. The van der Waals surface area contributed by atoms with E-state index in [0.29, 0.717) is 11.6 Å². The van der Waals surface area contributed by atoms with Gasteiger partial charge < -0.3 is 5.32 Å². The standard InChI is InChI=1S/C16H15F2NO/c1-10(2)11-5-3-6-12(9-11)19-16(20)13-7-4-8-14(17)15(13)18/h3-10H,1-2H3,(H,19,20). The van der Waals surface area contributed by atoms with Gasteiger partial charge in [-0.2, -0.15) is 0 Å². The lowest BCUT2D eigenvalue weighted by Gasteiger charge is -2.10. The Morgan fingerprint density at radius 3 is 2.50 bits per heavy atom. The van der Waals surface area contributed by atoms with Crippen LogP contribution in [0.25, 0.3) is 0 Å². The van der Waals surface area contributed by atoms with E-state index in [1.165, 1.54) is 12.1 Å². The van der Waals surface area contributed by atoms with Crippen molar-refractivity contribution in [1.82, 2.24) is 0 Å². The Labute approximate surface area is 116 Å². The van der Waals surface area contributed by atoms with Gasteiger partial charge in [-0.15, -0.1) is 0 Å². The van der Waals surface area contributed by atoms with Gasteiger partial charge in [-0.05, 0) is 35.7 Å². The molecule has 0 aromatic heterocycles. The van der Waals surface area contributed by atoms with Crippen molar-refractivity contribution in [3.63, 3.8) is 0 Å². The van der Waals surface area contributed by atoms with Crippen molar-refractivity contribution in [2.75, 3.05) is 5.32 Å². The third-order valence-corrected chi connectivity index (χ3v) is 3.01. The van der Waals surface area contributed by atoms with E-state index in [1.54, 1.807) is 6.07 Å². The van der Waals surface area contributed by atoms with E-state index in [4.69, 9.17) is 0 Å². The fourth-order valence-electron chi connectivity index (χ4n) is 1.85. The summed E-state index contributed by atoms with van der Waals surface area (Å²) in [5.74, 6) is -2.51. The largest absolute Gasteiger partial charge is 0.322 e. The molecule has 1 N–H and O–H groups in total. The van der Waals surface area contributed by atoms with Crippen molar-refractivity contribution in [3.8, 4) is 0 Å². The number of hydrogen-bond acceptors (Lipinski definition) is 1. The van der Waals surface area contributed by atoms with Crippen LogP contribution in [0.4, 0.5) is 14.5 Å². The van der Waals surface area contributed by atoms with Gasteiger partial charge in [0.05, 0.1) is 5.56 Å². The number of rotatable bonds is 3. The number of benzene rings is 2. The lowest BCUT2D eigenvalue weighted by Crippen LogP contribution is -2.14. The van der Waals surface area contributed by atoms with Crippen LogP contribution in [0.15, 0.2) is 42.5 Å². The summed E-state index contributed by atoms with van der Waals surface area (Å²) in [5.41, 5.74) is 1.31. The van der Waals surface area contributed by atoms with Crippen molar-refractivity contribution in [3.05, 3.63) is 65.2 Å². The minimum atomic E-state index is -1.13. The summed E-state index contributed by atoms with van der Waals surface area (Å²) >= 11 is 0. The van der Waals surface area contributed by atoms with Crippen molar-refractivity contribution in [2.24, 2.45) is 0 Å². The smallest absolute Gasteiger partial charge is 0.258 e. The van der Waals surface area contributed by atoms with Crippen molar-refractivity contribution in [2.45, 2.75) is 19.8 Å². The molecule has 20 heavy (non-hydrogen) atoms. The molecule has 0 radical (unpaired) electrons. The second-order valence-corrected chi connectivity index (χ2v) is 4.84. The van der Waals surface area contributed by atoms with E-state index in [2.05, 4.69) is 5.32 Å². The van der Waals surface area contributed by atoms with Gasteiger partial charge in [0.2, 0.25) is 0 Å². The molecule has 2 aromatic rings. The van der Waals surface area contributed by atoms with Crippen LogP contribution >= 0.6 is 0 Å². The van der Waals surface area contributed by atoms with Crippen LogP contribution in [0.5, 0.6) is 0 Å². The Morgan fingerprint density at radius 1 is 1.10 bits per heavy atom. The fraction of sp³-hybridized carbons (Fsp3) is 0.188. The molecule has 0 aliphatic carbocycles. The molecular formula is C16H15F2NO. The summed E-state index contributed by atoms with van der Waals surface area (Å²) in [6.07, 6.45) is 0. The summed E-state index contributed by atoms with van der Waals surface area (Å²) in [7, 11) is 0. The van der Waals surface area contributed by atoms with Gasteiger partial charge in [-0.3, -0.25) is 4.79 Å². The summed E-state index contributed by atoms with van der Waals surface area (Å²) in [5, 5.41) is 2.58. The maximum Gasteiger partial charge on any atom is 0.258 e. The number of nitrogens with one attached hydrogen (secondary N) is 1. The highest BCUT2D eigenvalue weighted by atomic mass is 19.2. The minimum Gasteiger partial charge on any atom is -0.322 e. The van der Waals surface area contributed by atoms with Gasteiger partial charge >= 0.3 is 0 Å². The minimum absolute atomic E-state index is 0.306. The summed E-state index contributed by atoms with van der Waals surface area (Å²) in [6, 6.07) is 10.8. The monoisotopic (exact) mass is 275 g/mol. The van der Waals surface area contributed by atoms with Crippen LogP contribution in [0.3, 0.4) is 0 Å². The van der Waals surface area contributed by atoms with Gasteiger partial charge in [-0.25, -0.2) is 8.78 Å². The molecule has 0 spiro atoms. The van der Waals surface area contributed by atoms with Crippen LogP contribution < -0.4 is 5.32 Å². The molecule has 0 saturated heterocycles. The van der Waals surface area contributed by atoms with E-state index < -0.39 is 17.5 Å². The number of carbonyl (C=O) groups is 1. The van der Waals surface area contributed by atoms with Crippen molar-refractivity contribution >= 4 is 11.6 Å². The molecule has 104 valence electrons. The number of halogens is 2. The zero-order chi connectivity index (χ0) is 14.7. The van der Waals surface area contributed by atoms with Crippen LogP contribution in [0.1, 0.15) is 35.7 Å². The van der Waals surface area contributed by atoms with Crippen LogP contribution in [-0.4, -0.2) is 5.91 Å². The van der Waals surface area contributed by atoms with E-state index in [9.17, 15) is 13.6 Å². The first kappa shape index (κ1) is 14.2. The molecule has 0 atom stereocenters. The summed E-state index contributed by atoms with van der Waals surface area (Å²) in [4.78, 5) is 12.0. The average Bonchev–Trinajstić information content (AvgIpc) is 2.42. The first-order valence-electron chi connectivity index (χ1n) is 6.34. The molecule has 2 aromatic carbocycles. The Balaban J connectivity index is 2.24. The molecular weight excluding hydrogens is 260 g/mol. The molecule has 0 aliphatic heterocycles. The topological polar surface area (TPSA) is 29.1 Å². The molecule has 0 aliphatic rings. The molecule has 2 rings (SSSR count). The first-order chi connectivity index (χ1) is 9.49. The summed E-state index contributed by atoms with van der Waals surface area (Å²) < 4.78 is 26.6. The Bertz CT molecular complexity index is 638. The second kappa shape index (κ2) is 5.82. The molecule has 0 heterocycles. The first-order valence-corrected chi connectivity index (χ1v) is 6.34. The molecule has 0 fully saturated rings. The summed E-state index contributed by atoms with van der Waals surface area (Å²) in [6.45, 7) is 4.07. The zero-order valence-corrected chi connectivity index (χ0v) is 11.3. The Morgan fingerprint density at radius 2 is 1.80 bits per heavy atom. The van der Waals surface area contributed by atoms with Crippen molar-refractivity contribution in [1.29, 1.82) is 0 Å². The molecule has 2 nitrogen and oxygen atoms in total. The van der Waals surface area contributed by atoms with Crippen LogP contribution in [-0.2, 0) is 0 Å². The normalized spacial score (nSPS) is 10.7. The number of hydrogen-bond donors (Lipinski definition) is 1. The second-order valence-electron chi connectivity index (χ2n) is 4.84. The van der Waals surface area contributed by atoms with E-state index >= 15 is 0 Å². The lowest BCUT2D eigenvalue weighted by atomic mass is 10.0. The average molecular weight is 275 g/mol. The van der Waals surface area contributed by atoms with Gasteiger partial charge in [0, 0.05) is 5.69 Å². The van der Waals surface area contributed by atoms with Crippen molar-refractivity contribution < 1.29 is 13.6 Å². The SMILES string of the molecule is CC(C)c1cccc(NC(=O)c2cccc(F)c2F)c1. The fourth-order valence-corrected chi connectivity index (χ4v) is 1.85. The third-order valence-electron chi connectivity index (χ3n) is 3.01. The predicted molar refractivity (Wildman–Crippen MR) is 74.8 cm³/mol. The van der Waals surface area contributed by atoms with Gasteiger partial charge in [0.25, 0.3) is 5.91 Å². The molecule has 1 amide bonds. The van der Waals surface area contributed by atoms with E-state index in [-0.39, 0.29) is 5.56 Å². The van der Waals surface area contributed by atoms with Gasteiger partial charge in [0.15, 0.2) is 11.6 Å². The quantitative estimate of drug-likeness (QED) is 0.887. The Hall–Kier alpha value is -2.23. The Kier molecular flexibility index (Phi) is 4.13. The van der Waals surface area contributed by atoms with Gasteiger partial charge in [0.1, 0.15) is 0 Å². The predicted octanol–water partition coefficient (Wildman–Crippen LogP) is 4.34. The van der Waals surface area contributed by atoms with E-state index in [0.717, 1.165) is 11.6 Å². The molecule has 0 unspecified atom stereocenters. The number of amides is 1. The highest BCUT2D eigenvalue weighted by Crippen LogP contribution is 2.20. The molecule has 4 heteroatoms. The number of anilines is 1. The third kappa shape index (κ3) is 3.02. The van der Waals surface area contributed by atoms with Crippen LogP contribution in [0, 0.1) is 11.6 Å².